The van der Waals surface area contributed by atoms with Gasteiger partial charge in [0, 0.05) is 50.6 Å². The van der Waals surface area contributed by atoms with Gasteiger partial charge in [-0.3, -0.25) is 9.58 Å². The summed E-state index contributed by atoms with van der Waals surface area (Å²) < 4.78 is 1.94. The van der Waals surface area contributed by atoms with Gasteiger partial charge in [0.1, 0.15) is 0 Å². The number of aryl methyl sites for hydroxylation is 1. The third-order valence-electron chi connectivity index (χ3n) is 5.04. The summed E-state index contributed by atoms with van der Waals surface area (Å²) in [7, 11) is 4.21. The van der Waals surface area contributed by atoms with Crippen molar-refractivity contribution < 1.29 is 0 Å². The van der Waals surface area contributed by atoms with Crippen LogP contribution in [0.1, 0.15) is 37.1 Å². The highest BCUT2D eigenvalue weighted by molar-refractivity contribution is 5.84. The Labute approximate surface area is 126 Å². The summed E-state index contributed by atoms with van der Waals surface area (Å²) in [5, 5.41) is 4.71. The lowest BCUT2D eigenvalue weighted by molar-refractivity contribution is 0.443. The molecule has 1 unspecified atom stereocenters. The van der Waals surface area contributed by atoms with E-state index in [-0.39, 0.29) is 0 Å². The van der Waals surface area contributed by atoms with Gasteiger partial charge >= 0.3 is 0 Å². The Hall–Kier alpha value is -1.81. The predicted molar refractivity (Wildman–Crippen MR) is 85.5 cm³/mol. The molecule has 1 aromatic carbocycles. The van der Waals surface area contributed by atoms with Gasteiger partial charge in [-0.15, -0.1) is 0 Å². The van der Waals surface area contributed by atoms with E-state index < -0.39 is 0 Å². The Morgan fingerprint density at radius 3 is 2.71 bits per heavy atom. The van der Waals surface area contributed by atoms with Crippen LogP contribution in [-0.4, -0.2) is 34.8 Å². The van der Waals surface area contributed by atoms with E-state index in [1.165, 1.54) is 35.5 Å². The lowest BCUT2D eigenvalue weighted by Gasteiger charge is -2.36. The van der Waals surface area contributed by atoms with Crippen LogP contribution in [0.4, 0.5) is 5.69 Å². The standard InChI is InChI=1S/C17H22N4/c1-11-15-10-19(3)18-16(15)14-7-5-6-13(17(14)20(11)4)12(2)21-8-9-21/h5-7,10-12H,8-9H2,1-4H3/t11-,12?/m0/s1. The number of hydrogen-bond donors (Lipinski definition) is 0. The zero-order valence-electron chi connectivity index (χ0n) is 13.2. The summed E-state index contributed by atoms with van der Waals surface area (Å²) in [6.45, 7) is 7.02. The molecule has 0 aliphatic carbocycles. The molecule has 110 valence electrons. The first kappa shape index (κ1) is 12.9. The monoisotopic (exact) mass is 282 g/mol. The lowest BCUT2D eigenvalue weighted by atomic mass is 9.91. The molecular formula is C17H22N4. The van der Waals surface area contributed by atoms with E-state index in [2.05, 4.69) is 55.1 Å². The van der Waals surface area contributed by atoms with Gasteiger partial charge in [0.05, 0.1) is 17.4 Å². The SMILES string of the molecule is CC(c1cccc2c1N(C)[C@@H](C)c1cn(C)nc1-2)N1CC1. The molecule has 2 aliphatic heterocycles. The molecular weight excluding hydrogens is 260 g/mol. The van der Waals surface area contributed by atoms with Gasteiger partial charge in [0.15, 0.2) is 0 Å². The zero-order valence-corrected chi connectivity index (χ0v) is 13.2. The van der Waals surface area contributed by atoms with E-state index in [0.717, 1.165) is 5.69 Å². The smallest absolute Gasteiger partial charge is 0.0996 e. The quantitative estimate of drug-likeness (QED) is 0.791. The number of benzene rings is 1. The third kappa shape index (κ3) is 1.82. The number of aromatic nitrogens is 2. The van der Waals surface area contributed by atoms with Crippen LogP contribution < -0.4 is 4.90 Å². The summed E-state index contributed by atoms with van der Waals surface area (Å²) in [4.78, 5) is 4.91. The second kappa shape index (κ2) is 4.34. The maximum Gasteiger partial charge on any atom is 0.0996 e. The van der Waals surface area contributed by atoms with Gasteiger partial charge in [-0.2, -0.15) is 5.10 Å². The van der Waals surface area contributed by atoms with Crippen molar-refractivity contribution in [2.24, 2.45) is 7.05 Å². The molecule has 0 amide bonds. The van der Waals surface area contributed by atoms with Crippen LogP contribution in [0, 0.1) is 0 Å². The Balaban J connectivity index is 1.93. The summed E-state index contributed by atoms with van der Waals surface area (Å²) in [6, 6.07) is 7.51. The van der Waals surface area contributed by atoms with Gasteiger partial charge < -0.3 is 4.90 Å². The molecule has 0 bridgehead atoms. The molecule has 2 atom stereocenters. The molecule has 21 heavy (non-hydrogen) atoms. The summed E-state index contributed by atoms with van der Waals surface area (Å²) in [6.07, 6.45) is 2.15. The van der Waals surface area contributed by atoms with Gasteiger partial charge in [-0.05, 0) is 19.4 Å². The van der Waals surface area contributed by atoms with Crippen LogP contribution in [0.5, 0.6) is 0 Å². The van der Waals surface area contributed by atoms with Gasteiger partial charge in [0.2, 0.25) is 0 Å². The van der Waals surface area contributed by atoms with Crippen molar-refractivity contribution in [1.82, 2.24) is 14.7 Å². The van der Waals surface area contributed by atoms with Crippen LogP contribution in [0.3, 0.4) is 0 Å². The van der Waals surface area contributed by atoms with E-state index in [4.69, 9.17) is 5.10 Å². The molecule has 0 saturated carbocycles. The molecule has 0 radical (unpaired) electrons. The maximum atomic E-state index is 4.71. The fourth-order valence-corrected chi connectivity index (χ4v) is 3.55. The molecule has 2 aliphatic rings. The maximum absolute atomic E-state index is 4.71. The van der Waals surface area contributed by atoms with E-state index in [1.807, 2.05) is 11.7 Å². The van der Waals surface area contributed by atoms with E-state index in [0.29, 0.717) is 12.1 Å². The van der Waals surface area contributed by atoms with Crippen molar-refractivity contribution in [3.05, 3.63) is 35.5 Å². The van der Waals surface area contributed by atoms with E-state index in [1.54, 1.807) is 0 Å². The second-order valence-corrected chi connectivity index (χ2v) is 6.35. The first-order valence-electron chi connectivity index (χ1n) is 7.71. The highest BCUT2D eigenvalue weighted by atomic mass is 15.3. The second-order valence-electron chi connectivity index (χ2n) is 6.35. The molecule has 4 rings (SSSR count). The fourth-order valence-electron chi connectivity index (χ4n) is 3.55. The molecule has 1 aromatic heterocycles. The average Bonchev–Trinajstić information content (AvgIpc) is 3.25. The highest BCUT2D eigenvalue weighted by Gasteiger charge is 2.34. The van der Waals surface area contributed by atoms with E-state index in [9.17, 15) is 0 Å². The number of anilines is 1. The Morgan fingerprint density at radius 2 is 2.00 bits per heavy atom. The van der Waals surface area contributed by atoms with E-state index >= 15 is 0 Å². The minimum Gasteiger partial charge on any atom is -0.367 e. The lowest BCUT2D eigenvalue weighted by Crippen LogP contribution is -2.27. The topological polar surface area (TPSA) is 24.1 Å². The molecule has 4 heteroatoms. The molecule has 1 saturated heterocycles. The number of nitrogens with zero attached hydrogens (tertiary/aromatic N) is 4. The molecule has 2 aromatic rings. The largest absolute Gasteiger partial charge is 0.367 e. The number of rotatable bonds is 2. The number of hydrogen-bond acceptors (Lipinski definition) is 3. The van der Waals surface area contributed by atoms with Gasteiger partial charge in [-0.25, -0.2) is 0 Å². The van der Waals surface area contributed by atoms with Gasteiger partial charge in [0.25, 0.3) is 0 Å². The first-order chi connectivity index (χ1) is 10.1. The molecule has 0 spiro atoms. The van der Waals surface area contributed by atoms with Gasteiger partial charge in [-0.1, -0.05) is 18.2 Å². The summed E-state index contributed by atoms with van der Waals surface area (Å²) >= 11 is 0. The summed E-state index contributed by atoms with van der Waals surface area (Å²) in [5.41, 5.74) is 6.53. The number of fused-ring (bicyclic) bond motifs is 3. The Bertz CT molecular complexity index is 699. The average molecular weight is 282 g/mol. The van der Waals surface area contributed by atoms with Crippen LogP contribution in [0.2, 0.25) is 0 Å². The van der Waals surface area contributed by atoms with Crippen molar-refractivity contribution in [3.8, 4) is 11.3 Å². The molecule has 4 nitrogen and oxygen atoms in total. The van der Waals surface area contributed by atoms with Crippen LogP contribution in [-0.2, 0) is 7.05 Å². The normalized spacial score (nSPS) is 21.9. The van der Waals surface area contributed by atoms with Crippen molar-refractivity contribution >= 4 is 5.69 Å². The van der Waals surface area contributed by atoms with Crippen molar-refractivity contribution in [2.75, 3.05) is 25.0 Å². The zero-order chi connectivity index (χ0) is 14.7. The van der Waals surface area contributed by atoms with Crippen molar-refractivity contribution in [2.45, 2.75) is 25.9 Å². The fraction of sp³-hybridized carbons (Fsp3) is 0.471. The first-order valence-corrected chi connectivity index (χ1v) is 7.71. The third-order valence-corrected chi connectivity index (χ3v) is 5.04. The molecule has 0 N–H and O–H groups in total. The van der Waals surface area contributed by atoms with Crippen LogP contribution in [0.15, 0.2) is 24.4 Å². The minimum atomic E-state index is 0.365. The van der Waals surface area contributed by atoms with Crippen LogP contribution in [0.25, 0.3) is 11.3 Å². The minimum absolute atomic E-state index is 0.365. The van der Waals surface area contributed by atoms with Crippen molar-refractivity contribution in [1.29, 1.82) is 0 Å². The van der Waals surface area contributed by atoms with Crippen LogP contribution >= 0.6 is 0 Å². The number of para-hydroxylation sites is 1. The molecule has 1 fully saturated rings. The predicted octanol–water partition coefficient (Wildman–Crippen LogP) is 2.97. The molecule has 3 heterocycles. The Kier molecular flexibility index (Phi) is 2.67. The Morgan fingerprint density at radius 1 is 1.24 bits per heavy atom. The van der Waals surface area contributed by atoms with Crippen molar-refractivity contribution in [3.63, 3.8) is 0 Å². The summed E-state index contributed by atoms with van der Waals surface area (Å²) in [5.74, 6) is 0. The highest BCUT2D eigenvalue weighted by Crippen LogP contribution is 2.47.